The Morgan fingerprint density at radius 2 is 1.74 bits per heavy atom. The molecule has 4 atom stereocenters. The van der Waals surface area contributed by atoms with Gasteiger partial charge in [-0.2, -0.15) is 0 Å². The molecule has 0 spiro atoms. The third kappa shape index (κ3) is 6.05. The zero-order chi connectivity index (χ0) is 27.2. The molecule has 1 unspecified atom stereocenters. The first-order valence-corrected chi connectivity index (χ1v) is 15.8. The van der Waals surface area contributed by atoms with Crippen molar-refractivity contribution < 1.29 is 23.1 Å². The van der Waals surface area contributed by atoms with Crippen LogP contribution in [0.1, 0.15) is 68.5 Å². The molecule has 3 fully saturated rings. The molecule has 1 heterocycles. The minimum Gasteiger partial charge on any atom is -0.481 e. The van der Waals surface area contributed by atoms with Crippen LogP contribution in [0.3, 0.4) is 0 Å². The van der Waals surface area contributed by atoms with Gasteiger partial charge in [0, 0.05) is 22.0 Å². The molecule has 0 bridgehead atoms. The van der Waals surface area contributed by atoms with Crippen LogP contribution in [0, 0.1) is 17.3 Å². The van der Waals surface area contributed by atoms with E-state index in [1.807, 2.05) is 30.3 Å². The Hall–Kier alpha value is -2.09. The van der Waals surface area contributed by atoms with Gasteiger partial charge in [0.15, 0.2) is 9.84 Å². The number of sulfone groups is 1. The van der Waals surface area contributed by atoms with Crippen molar-refractivity contribution in [2.75, 3.05) is 11.5 Å². The van der Waals surface area contributed by atoms with Crippen molar-refractivity contribution in [1.82, 2.24) is 4.90 Å². The topological polar surface area (TPSA) is 91.8 Å². The molecule has 3 aliphatic rings. The minimum atomic E-state index is -3.41. The highest BCUT2D eigenvalue weighted by atomic mass is 35.5. The van der Waals surface area contributed by atoms with Gasteiger partial charge >= 0.3 is 5.97 Å². The van der Waals surface area contributed by atoms with Crippen LogP contribution in [0.25, 0.3) is 0 Å². The van der Waals surface area contributed by atoms with E-state index in [1.165, 1.54) is 0 Å². The first-order valence-electron chi connectivity index (χ1n) is 13.2. The maximum atomic E-state index is 14.4. The van der Waals surface area contributed by atoms with Crippen LogP contribution in [-0.4, -0.2) is 47.8 Å². The number of halogens is 2. The molecular weight excluding hydrogens is 545 g/mol. The SMILES string of the molecule is C[C@]1(CC(=O)O)CC(c2cccc(Cl)c2)[C@@H](c2ccc(Cl)cc2)N([C@H](CS(=O)(=O)CC2CC2)C2CC2)C1=O. The number of carbonyl (C=O) groups is 2. The van der Waals surface area contributed by atoms with Crippen molar-refractivity contribution in [3.05, 3.63) is 69.7 Å². The van der Waals surface area contributed by atoms with E-state index in [2.05, 4.69) is 0 Å². The van der Waals surface area contributed by atoms with Gasteiger partial charge in [-0.05, 0) is 79.3 Å². The Morgan fingerprint density at radius 1 is 1.05 bits per heavy atom. The molecule has 2 aromatic rings. The van der Waals surface area contributed by atoms with Crippen LogP contribution in [-0.2, 0) is 19.4 Å². The summed E-state index contributed by atoms with van der Waals surface area (Å²) in [6.45, 7) is 1.70. The quantitative estimate of drug-likeness (QED) is 0.366. The third-order valence-corrected chi connectivity index (χ3v) is 10.6. The summed E-state index contributed by atoms with van der Waals surface area (Å²) < 4.78 is 26.7. The number of nitrogens with zero attached hydrogens (tertiary/aromatic N) is 1. The summed E-state index contributed by atoms with van der Waals surface area (Å²) in [5, 5.41) is 10.9. The summed E-state index contributed by atoms with van der Waals surface area (Å²) in [5.41, 5.74) is 0.534. The van der Waals surface area contributed by atoms with Gasteiger partial charge in [0.25, 0.3) is 0 Å². The van der Waals surface area contributed by atoms with Crippen molar-refractivity contribution >= 4 is 44.9 Å². The molecule has 0 radical (unpaired) electrons. The van der Waals surface area contributed by atoms with E-state index in [0.717, 1.165) is 36.8 Å². The fourth-order valence-electron chi connectivity index (χ4n) is 6.14. The standard InChI is InChI=1S/C29H33Cl2NO5S/c1-29(15-26(33)34)14-24(21-3-2-4-23(31)13-21)27(20-9-11-22(30)12-10-20)32(28(29)35)25(19-7-8-19)17-38(36,37)16-18-5-6-18/h2-4,9-13,18-19,24-25,27H,5-8,14-17H2,1H3,(H,33,34)/t24?,25-,27-,29-/m1/s1. The molecule has 1 amide bonds. The molecule has 2 aliphatic carbocycles. The average molecular weight is 579 g/mol. The number of aliphatic carboxylic acids is 1. The maximum absolute atomic E-state index is 14.4. The third-order valence-electron chi connectivity index (χ3n) is 8.27. The summed E-state index contributed by atoms with van der Waals surface area (Å²) in [4.78, 5) is 28.1. The number of piperidine rings is 1. The summed E-state index contributed by atoms with van der Waals surface area (Å²) in [5.74, 6) is -1.32. The molecule has 38 heavy (non-hydrogen) atoms. The normalized spacial score (nSPS) is 26.8. The number of likely N-dealkylation sites (tertiary alicyclic amines) is 1. The molecule has 5 rings (SSSR count). The summed E-state index contributed by atoms with van der Waals surface area (Å²) in [6.07, 6.45) is 3.51. The maximum Gasteiger partial charge on any atom is 0.304 e. The monoisotopic (exact) mass is 577 g/mol. The lowest BCUT2D eigenvalue weighted by Crippen LogP contribution is -2.58. The Labute approximate surface area is 234 Å². The first kappa shape index (κ1) is 27.5. The Kier molecular flexibility index (Phi) is 7.57. The van der Waals surface area contributed by atoms with E-state index in [-0.39, 0.29) is 41.6 Å². The average Bonchev–Trinajstić information content (AvgIpc) is 3.75. The second-order valence-corrected chi connectivity index (χ2v) is 14.7. The number of carboxylic acids is 1. The molecule has 204 valence electrons. The summed E-state index contributed by atoms with van der Waals surface area (Å²) >= 11 is 12.6. The Bertz CT molecular complexity index is 1320. The van der Waals surface area contributed by atoms with Gasteiger partial charge in [0.2, 0.25) is 5.91 Å². The van der Waals surface area contributed by atoms with Crippen molar-refractivity contribution in [1.29, 1.82) is 0 Å². The molecule has 0 aromatic heterocycles. The molecule has 2 aromatic carbocycles. The van der Waals surface area contributed by atoms with Crippen LogP contribution in [0.5, 0.6) is 0 Å². The molecule has 9 heteroatoms. The molecule has 1 aliphatic heterocycles. The van der Waals surface area contributed by atoms with Gasteiger partial charge in [0.1, 0.15) is 0 Å². The van der Waals surface area contributed by atoms with Crippen molar-refractivity contribution in [2.45, 2.75) is 63.5 Å². The number of carboxylic acid groups (broad SMARTS) is 1. The number of rotatable bonds is 10. The predicted molar refractivity (Wildman–Crippen MR) is 148 cm³/mol. The van der Waals surface area contributed by atoms with Gasteiger partial charge in [-0.15, -0.1) is 0 Å². The highest BCUT2D eigenvalue weighted by Gasteiger charge is 2.55. The molecular formula is C29H33Cl2NO5S. The number of carbonyl (C=O) groups excluding carboxylic acids is 1. The van der Waals surface area contributed by atoms with Crippen LogP contribution in [0.2, 0.25) is 10.0 Å². The van der Waals surface area contributed by atoms with E-state index >= 15 is 0 Å². The lowest BCUT2D eigenvalue weighted by Gasteiger charge is -2.52. The van der Waals surface area contributed by atoms with Gasteiger partial charge in [-0.3, -0.25) is 9.59 Å². The number of amides is 1. The van der Waals surface area contributed by atoms with E-state index in [4.69, 9.17) is 23.2 Å². The van der Waals surface area contributed by atoms with Crippen molar-refractivity contribution in [3.63, 3.8) is 0 Å². The molecule has 6 nitrogen and oxygen atoms in total. The van der Waals surface area contributed by atoms with Gasteiger partial charge < -0.3 is 10.0 Å². The minimum absolute atomic E-state index is 0.0647. The van der Waals surface area contributed by atoms with Crippen LogP contribution < -0.4 is 0 Å². The van der Waals surface area contributed by atoms with Gasteiger partial charge in [-0.25, -0.2) is 8.42 Å². The van der Waals surface area contributed by atoms with E-state index in [0.29, 0.717) is 16.5 Å². The first-order chi connectivity index (χ1) is 18.0. The van der Waals surface area contributed by atoms with E-state index < -0.39 is 33.3 Å². The number of hydrogen-bond acceptors (Lipinski definition) is 4. The lowest BCUT2D eigenvalue weighted by atomic mass is 9.67. The van der Waals surface area contributed by atoms with Crippen LogP contribution >= 0.6 is 23.2 Å². The van der Waals surface area contributed by atoms with Gasteiger partial charge in [-0.1, -0.05) is 54.4 Å². The smallest absolute Gasteiger partial charge is 0.304 e. The van der Waals surface area contributed by atoms with Crippen LogP contribution in [0.15, 0.2) is 48.5 Å². The number of hydrogen-bond donors (Lipinski definition) is 1. The molecule has 2 saturated carbocycles. The second kappa shape index (κ2) is 10.5. The molecule has 1 saturated heterocycles. The Balaban J connectivity index is 1.65. The fourth-order valence-corrected chi connectivity index (χ4v) is 8.61. The molecule has 1 N–H and O–H groups in total. The lowest BCUT2D eigenvalue weighted by molar-refractivity contribution is -0.160. The Morgan fingerprint density at radius 3 is 2.32 bits per heavy atom. The second-order valence-electron chi connectivity index (χ2n) is 11.6. The van der Waals surface area contributed by atoms with E-state index in [1.54, 1.807) is 30.0 Å². The van der Waals surface area contributed by atoms with Gasteiger partial charge in [0.05, 0.1) is 29.4 Å². The summed E-state index contributed by atoms with van der Waals surface area (Å²) in [6, 6.07) is 13.7. The zero-order valence-corrected chi connectivity index (χ0v) is 23.7. The van der Waals surface area contributed by atoms with Crippen molar-refractivity contribution in [2.24, 2.45) is 17.3 Å². The van der Waals surface area contributed by atoms with Crippen LogP contribution in [0.4, 0.5) is 0 Å². The van der Waals surface area contributed by atoms with E-state index in [9.17, 15) is 23.1 Å². The highest BCUT2D eigenvalue weighted by Crippen LogP contribution is 2.54. The number of benzene rings is 2. The summed E-state index contributed by atoms with van der Waals surface area (Å²) in [7, 11) is -3.41. The van der Waals surface area contributed by atoms with Crippen molar-refractivity contribution in [3.8, 4) is 0 Å². The fraction of sp³-hybridized carbons (Fsp3) is 0.517. The largest absolute Gasteiger partial charge is 0.481 e. The zero-order valence-electron chi connectivity index (χ0n) is 21.4. The predicted octanol–water partition coefficient (Wildman–Crippen LogP) is 6.14. The highest BCUT2D eigenvalue weighted by molar-refractivity contribution is 7.91.